The first kappa shape index (κ1) is 19.7. The summed E-state index contributed by atoms with van der Waals surface area (Å²) in [7, 11) is 0. The molecule has 5 nitrogen and oxygen atoms in total. The SMILES string of the molecule is C=C(C)COCCNC(N)=NCC1CCCN1CC.I. The number of guanidine groups is 1. The number of rotatable bonds is 8. The molecular weight excluding hydrogens is 367 g/mol. The molecule has 0 bridgehead atoms. The van der Waals surface area contributed by atoms with Crippen LogP contribution in [-0.2, 0) is 4.74 Å². The maximum absolute atomic E-state index is 5.83. The molecule has 1 atom stereocenters. The average Bonchev–Trinajstić information content (AvgIpc) is 2.83. The molecule has 3 N–H and O–H groups in total. The van der Waals surface area contributed by atoms with Crippen LogP contribution in [0.1, 0.15) is 26.7 Å². The van der Waals surface area contributed by atoms with Gasteiger partial charge < -0.3 is 15.8 Å². The summed E-state index contributed by atoms with van der Waals surface area (Å²) in [5.41, 5.74) is 6.86. The smallest absolute Gasteiger partial charge is 0.188 e. The molecule has 1 fully saturated rings. The number of likely N-dealkylation sites (tertiary alicyclic amines) is 1. The topological polar surface area (TPSA) is 62.9 Å². The van der Waals surface area contributed by atoms with Gasteiger partial charge in [-0.2, -0.15) is 0 Å². The Labute approximate surface area is 140 Å². The zero-order valence-electron chi connectivity index (χ0n) is 12.7. The van der Waals surface area contributed by atoms with Crippen molar-refractivity contribution in [3.63, 3.8) is 0 Å². The van der Waals surface area contributed by atoms with Gasteiger partial charge in [0.25, 0.3) is 0 Å². The van der Waals surface area contributed by atoms with Crippen molar-refractivity contribution in [3.8, 4) is 0 Å². The van der Waals surface area contributed by atoms with Crippen LogP contribution in [0.5, 0.6) is 0 Å². The standard InChI is InChI=1S/C14H28N4O.HI/c1-4-18-8-5-6-13(18)10-17-14(15)16-7-9-19-11-12(2)3;/h13H,2,4-11H2,1,3H3,(H3,15,16,17);1H. The predicted octanol–water partition coefficient (Wildman–Crippen LogP) is 1.59. The molecule has 0 aromatic carbocycles. The van der Waals surface area contributed by atoms with Crippen LogP contribution in [-0.4, -0.2) is 56.3 Å². The summed E-state index contributed by atoms with van der Waals surface area (Å²) in [5.74, 6) is 0.516. The molecule has 118 valence electrons. The average molecular weight is 396 g/mol. The van der Waals surface area contributed by atoms with Gasteiger partial charge in [-0.3, -0.25) is 9.89 Å². The molecule has 6 heteroatoms. The summed E-state index contributed by atoms with van der Waals surface area (Å²) in [4.78, 5) is 6.87. The van der Waals surface area contributed by atoms with E-state index in [1.807, 2.05) is 6.92 Å². The quantitative estimate of drug-likeness (QED) is 0.215. The molecule has 1 unspecified atom stereocenters. The van der Waals surface area contributed by atoms with Gasteiger partial charge in [0.2, 0.25) is 0 Å². The van der Waals surface area contributed by atoms with Crippen LogP contribution in [0.4, 0.5) is 0 Å². The second-order valence-electron chi connectivity index (χ2n) is 5.09. The van der Waals surface area contributed by atoms with E-state index in [0.29, 0.717) is 31.8 Å². The summed E-state index contributed by atoms with van der Waals surface area (Å²) in [6.45, 7) is 12.9. The summed E-state index contributed by atoms with van der Waals surface area (Å²) in [5, 5.41) is 3.07. The van der Waals surface area contributed by atoms with Crippen molar-refractivity contribution in [2.75, 3.05) is 39.4 Å². The van der Waals surface area contributed by atoms with Gasteiger partial charge in [0.05, 0.1) is 19.8 Å². The Morgan fingerprint density at radius 3 is 2.95 bits per heavy atom. The predicted molar refractivity (Wildman–Crippen MR) is 95.8 cm³/mol. The van der Waals surface area contributed by atoms with Crippen molar-refractivity contribution in [2.24, 2.45) is 10.7 Å². The van der Waals surface area contributed by atoms with Gasteiger partial charge >= 0.3 is 0 Å². The van der Waals surface area contributed by atoms with E-state index in [1.165, 1.54) is 19.4 Å². The molecule has 1 aliphatic rings. The summed E-state index contributed by atoms with van der Waals surface area (Å²) >= 11 is 0. The molecule has 1 aliphatic heterocycles. The van der Waals surface area contributed by atoms with Crippen molar-refractivity contribution in [1.82, 2.24) is 10.2 Å². The van der Waals surface area contributed by atoms with E-state index in [0.717, 1.165) is 18.7 Å². The Morgan fingerprint density at radius 2 is 2.30 bits per heavy atom. The lowest BCUT2D eigenvalue weighted by molar-refractivity contribution is 0.161. The fourth-order valence-electron chi connectivity index (χ4n) is 2.28. The van der Waals surface area contributed by atoms with Crippen LogP contribution in [0.25, 0.3) is 0 Å². The van der Waals surface area contributed by atoms with Crippen LogP contribution in [0.2, 0.25) is 0 Å². The summed E-state index contributed by atoms with van der Waals surface area (Å²) in [6, 6.07) is 0.560. The first-order valence-corrected chi connectivity index (χ1v) is 7.13. The molecule has 1 heterocycles. The molecule has 1 rings (SSSR count). The third-order valence-electron chi connectivity index (χ3n) is 3.28. The van der Waals surface area contributed by atoms with Crippen molar-refractivity contribution >= 4 is 29.9 Å². The maximum Gasteiger partial charge on any atom is 0.188 e. The minimum atomic E-state index is 0. The van der Waals surface area contributed by atoms with Gasteiger partial charge in [0, 0.05) is 12.6 Å². The van der Waals surface area contributed by atoms with Gasteiger partial charge in [-0.1, -0.05) is 19.1 Å². The Bertz CT molecular complexity index is 310. The van der Waals surface area contributed by atoms with E-state index in [4.69, 9.17) is 10.5 Å². The highest BCUT2D eigenvalue weighted by atomic mass is 127. The minimum absolute atomic E-state index is 0. The molecule has 0 aliphatic carbocycles. The van der Waals surface area contributed by atoms with Crippen molar-refractivity contribution < 1.29 is 4.74 Å². The molecule has 1 saturated heterocycles. The normalized spacial score (nSPS) is 19.7. The first-order chi connectivity index (χ1) is 9.13. The van der Waals surface area contributed by atoms with Gasteiger partial charge in [-0.05, 0) is 32.9 Å². The van der Waals surface area contributed by atoms with E-state index < -0.39 is 0 Å². The molecule has 0 saturated carbocycles. The monoisotopic (exact) mass is 396 g/mol. The zero-order valence-corrected chi connectivity index (χ0v) is 15.1. The number of hydrogen-bond donors (Lipinski definition) is 2. The highest BCUT2D eigenvalue weighted by Gasteiger charge is 2.22. The Balaban J connectivity index is 0.00000361. The van der Waals surface area contributed by atoms with Gasteiger partial charge in [0.1, 0.15) is 0 Å². The lowest BCUT2D eigenvalue weighted by Gasteiger charge is -2.20. The number of aliphatic imine (C=N–C) groups is 1. The van der Waals surface area contributed by atoms with E-state index >= 15 is 0 Å². The van der Waals surface area contributed by atoms with Gasteiger partial charge in [-0.25, -0.2) is 0 Å². The molecular formula is C14H29IN4O. The van der Waals surface area contributed by atoms with E-state index in [-0.39, 0.29) is 24.0 Å². The summed E-state index contributed by atoms with van der Waals surface area (Å²) in [6.07, 6.45) is 2.50. The highest BCUT2D eigenvalue weighted by molar-refractivity contribution is 14.0. The molecule has 0 aromatic rings. The van der Waals surface area contributed by atoms with Crippen LogP contribution in [0.3, 0.4) is 0 Å². The number of ether oxygens (including phenoxy) is 1. The van der Waals surface area contributed by atoms with E-state index in [1.54, 1.807) is 0 Å². The number of nitrogens with one attached hydrogen (secondary N) is 1. The number of hydrogen-bond acceptors (Lipinski definition) is 3. The lowest BCUT2D eigenvalue weighted by atomic mass is 10.2. The van der Waals surface area contributed by atoms with Crippen LogP contribution >= 0.6 is 24.0 Å². The Kier molecular flexibility index (Phi) is 11.1. The maximum atomic E-state index is 5.83. The van der Waals surface area contributed by atoms with Gasteiger partial charge in [-0.15, -0.1) is 24.0 Å². The fraction of sp³-hybridized carbons (Fsp3) is 0.786. The number of nitrogens with two attached hydrogens (primary N) is 1. The van der Waals surface area contributed by atoms with Crippen LogP contribution < -0.4 is 11.1 Å². The Hall–Kier alpha value is -0.340. The van der Waals surface area contributed by atoms with E-state index in [9.17, 15) is 0 Å². The van der Waals surface area contributed by atoms with E-state index in [2.05, 4.69) is 28.7 Å². The first-order valence-electron chi connectivity index (χ1n) is 7.13. The van der Waals surface area contributed by atoms with Gasteiger partial charge in [0.15, 0.2) is 5.96 Å². The third-order valence-corrected chi connectivity index (χ3v) is 3.28. The molecule has 0 amide bonds. The van der Waals surface area contributed by atoms with Crippen molar-refractivity contribution in [3.05, 3.63) is 12.2 Å². The molecule has 0 spiro atoms. The number of halogens is 1. The minimum Gasteiger partial charge on any atom is -0.375 e. The molecule has 0 aromatic heterocycles. The Morgan fingerprint density at radius 1 is 1.55 bits per heavy atom. The second-order valence-corrected chi connectivity index (χ2v) is 5.09. The largest absolute Gasteiger partial charge is 0.375 e. The van der Waals surface area contributed by atoms with Crippen molar-refractivity contribution in [1.29, 1.82) is 0 Å². The van der Waals surface area contributed by atoms with Crippen LogP contribution in [0, 0.1) is 0 Å². The number of nitrogens with zero attached hydrogens (tertiary/aromatic N) is 2. The van der Waals surface area contributed by atoms with Crippen LogP contribution in [0.15, 0.2) is 17.1 Å². The summed E-state index contributed by atoms with van der Waals surface area (Å²) < 4.78 is 5.38. The molecule has 0 radical (unpaired) electrons. The van der Waals surface area contributed by atoms with Crippen molar-refractivity contribution in [2.45, 2.75) is 32.7 Å². The highest BCUT2D eigenvalue weighted by Crippen LogP contribution is 2.16. The third kappa shape index (κ3) is 8.06. The number of likely N-dealkylation sites (N-methyl/N-ethyl adjacent to an activating group) is 1. The molecule has 20 heavy (non-hydrogen) atoms. The lowest BCUT2D eigenvalue weighted by Crippen LogP contribution is -2.37. The zero-order chi connectivity index (χ0) is 14.1. The second kappa shape index (κ2) is 11.3. The fourth-order valence-corrected chi connectivity index (χ4v) is 2.28.